The lowest BCUT2D eigenvalue weighted by atomic mass is 10.1. The summed E-state index contributed by atoms with van der Waals surface area (Å²) in [5.41, 5.74) is 5.63. The van der Waals surface area contributed by atoms with E-state index in [0.717, 1.165) is 6.07 Å². The van der Waals surface area contributed by atoms with Crippen LogP contribution in [-0.4, -0.2) is 11.7 Å². The van der Waals surface area contributed by atoms with Crippen LogP contribution in [0.25, 0.3) is 0 Å². The summed E-state index contributed by atoms with van der Waals surface area (Å²) in [6.45, 7) is 0.330. The molecule has 66 valence electrons. The Morgan fingerprint density at radius 2 is 2.17 bits per heavy atom. The summed E-state index contributed by atoms with van der Waals surface area (Å²) in [7, 11) is 0. The van der Waals surface area contributed by atoms with Crippen molar-refractivity contribution in [1.29, 1.82) is 0 Å². The van der Waals surface area contributed by atoms with Crippen molar-refractivity contribution >= 4 is 11.6 Å². The number of phenols is 1. The first-order chi connectivity index (χ1) is 5.66. The van der Waals surface area contributed by atoms with E-state index >= 15 is 0 Å². The molecule has 0 radical (unpaired) electrons. The van der Waals surface area contributed by atoms with Crippen molar-refractivity contribution in [2.24, 2.45) is 5.73 Å². The quantitative estimate of drug-likeness (QED) is 0.744. The van der Waals surface area contributed by atoms with Gasteiger partial charge >= 0.3 is 0 Å². The summed E-state index contributed by atoms with van der Waals surface area (Å²) in [6.07, 6.45) is 0.377. The molecule has 0 unspecified atom stereocenters. The molecule has 3 N–H and O–H groups in total. The molecule has 0 bridgehead atoms. The number of phenolic OH excluding ortho intramolecular Hbond substituents is 1. The third-order valence-electron chi connectivity index (χ3n) is 1.57. The average molecular weight is 190 g/mol. The minimum Gasteiger partial charge on any atom is -0.508 e. The minimum atomic E-state index is -0.530. The summed E-state index contributed by atoms with van der Waals surface area (Å²) in [4.78, 5) is 0. The van der Waals surface area contributed by atoms with Crippen molar-refractivity contribution in [3.8, 4) is 5.75 Å². The van der Waals surface area contributed by atoms with Gasteiger partial charge in [0.1, 0.15) is 11.6 Å². The highest BCUT2D eigenvalue weighted by Crippen LogP contribution is 2.28. The van der Waals surface area contributed by atoms with Crippen molar-refractivity contribution in [3.63, 3.8) is 0 Å². The molecule has 0 amide bonds. The number of hydrogen-bond donors (Lipinski definition) is 2. The van der Waals surface area contributed by atoms with Gasteiger partial charge in [0.05, 0.1) is 5.02 Å². The first-order valence-electron chi connectivity index (χ1n) is 3.52. The number of aromatic hydroxyl groups is 1. The lowest BCUT2D eigenvalue weighted by molar-refractivity contribution is 0.465. The molecule has 12 heavy (non-hydrogen) atoms. The maximum Gasteiger partial charge on any atom is 0.142 e. The van der Waals surface area contributed by atoms with E-state index in [-0.39, 0.29) is 10.8 Å². The highest BCUT2D eigenvalue weighted by molar-refractivity contribution is 6.31. The maximum atomic E-state index is 12.8. The molecule has 0 saturated heterocycles. The van der Waals surface area contributed by atoms with E-state index in [2.05, 4.69) is 0 Å². The van der Waals surface area contributed by atoms with Crippen LogP contribution in [0.5, 0.6) is 5.75 Å². The summed E-state index contributed by atoms with van der Waals surface area (Å²) < 4.78 is 12.8. The van der Waals surface area contributed by atoms with E-state index in [1.54, 1.807) is 0 Å². The predicted molar refractivity (Wildman–Crippen MR) is 45.8 cm³/mol. The number of benzene rings is 1. The lowest BCUT2D eigenvalue weighted by Crippen LogP contribution is -2.04. The molecular formula is C8H9ClFNO. The molecule has 1 rings (SSSR count). The molecular weight excluding hydrogens is 181 g/mol. The van der Waals surface area contributed by atoms with Crippen LogP contribution in [-0.2, 0) is 6.42 Å². The van der Waals surface area contributed by atoms with Gasteiger partial charge in [-0.15, -0.1) is 0 Å². The van der Waals surface area contributed by atoms with Crippen LogP contribution in [0.3, 0.4) is 0 Å². The van der Waals surface area contributed by atoms with E-state index in [0.29, 0.717) is 18.5 Å². The summed E-state index contributed by atoms with van der Waals surface area (Å²) in [5.74, 6) is -0.537. The fraction of sp³-hybridized carbons (Fsp3) is 0.250. The zero-order valence-electron chi connectivity index (χ0n) is 6.35. The first kappa shape index (κ1) is 9.29. The Kier molecular flexibility index (Phi) is 2.89. The average Bonchev–Trinajstić information content (AvgIpc) is 2.06. The molecule has 4 heteroatoms. The van der Waals surface area contributed by atoms with Crippen LogP contribution in [0.2, 0.25) is 5.02 Å². The molecule has 0 atom stereocenters. The van der Waals surface area contributed by atoms with E-state index in [1.165, 1.54) is 6.07 Å². The number of hydrogen-bond acceptors (Lipinski definition) is 2. The SMILES string of the molecule is NCCc1c(O)ccc(F)c1Cl. The standard InChI is InChI=1S/C8H9ClFNO/c9-8-5(3-4-11)7(12)2-1-6(8)10/h1-2,12H,3-4,11H2. The molecule has 0 aliphatic carbocycles. The van der Waals surface area contributed by atoms with Crippen molar-refractivity contribution < 1.29 is 9.50 Å². The third-order valence-corrected chi connectivity index (χ3v) is 1.97. The topological polar surface area (TPSA) is 46.2 Å². The van der Waals surface area contributed by atoms with Crippen molar-refractivity contribution in [3.05, 3.63) is 28.5 Å². The summed E-state index contributed by atoms with van der Waals surface area (Å²) in [5, 5.41) is 9.20. The van der Waals surface area contributed by atoms with Crippen LogP contribution in [0.15, 0.2) is 12.1 Å². The fourth-order valence-corrected chi connectivity index (χ4v) is 1.22. The molecule has 0 aliphatic heterocycles. The van der Waals surface area contributed by atoms with E-state index in [1.807, 2.05) is 0 Å². The molecule has 0 heterocycles. The van der Waals surface area contributed by atoms with Gasteiger partial charge in [0.15, 0.2) is 0 Å². The van der Waals surface area contributed by atoms with Gasteiger partial charge in [-0.1, -0.05) is 11.6 Å². The Balaban J connectivity index is 3.14. The zero-order valence-corrected chi connectivity index (χ0v) is 7.11. The number of halogens is 2. The van der Waals surface area contributed by atoms with Gasteiger partial charge in [0, 0.05) is 5.56 Å². The molecule has 2 nitrogen and oxygen atoms in total. The highest BCUT2D eigenvalue weighted by atomic mass is 35.5. The van der Waals surface area contributed by atoms with E-state index < -0.39 is 5.82 Å². The predicted octanol–water partition coefficient (Wildman–Crippen LogP) is 1.69. The lowest BCUT2D eigenvalue weighted by Gasteiger charge is -2.05. The van der Waals surface area contributed by atoms with Crippen molar-refractivity contribution in [2.75, 3.05) is 6.54 Å². The highest BCUT2D eigenvalue weighted by Gasteiger charge is 2.09. The molecule has 0 spiro atoms. The van der Waals surface area contributed by atoms with Crippen LogP contribution in [0.1, 0.15) is 5.56 Å². The molecule has 1 aromatic carbocycles. The second-order valence-electron chi connectivity index (χ2n) is 2.40. The van der Waals surface area contributed by atoms with E-state index in [9.17, 15) is 9.50 Å². The Labute approximate surface area is 74.8 Å². The third kappa shape index (κ3) is 1.68. The molecule has 0 saturated carbocycles. The van der Waals surface area contributed by atoms with Crippen LogP contribution < -0.4 is 5.73 Å². The Morgan fingerprint density at radius 1 is 1.50 bits per heavy atom. The second kappa shape index (κ2) is 3.74. The fourth-order valence-electron chi connectivity index (χ4n) is 0.965. The normalized spacial score (nSPS) is 10.2. The smallest absolute Gasteiger partial charge is 0.142 e. The van der Waals surface area contributed by atoms with Gasteiger partial charge < -0.3 is 10.8 Å². The van der Waals surface area contributed by atoms with Gasteiger partial charge in [0.2, 0.25) is 0 Å². The van der Waals surface area contributed by atoms with Crippen LogP contribution >= 0.6 is 11.6 Å². The first-order valence-corrected chi connectivity index (χ1v) is 3.90. The number of nitrogens with two attached hydrogens (primary N) is 1. The van der Waals surface area contributed by atoms with E-state index in [4.69, 9.17) is 17.3 Å². The van der Waals surface area contributed by atoms with Gasteiger partial charge in [-0.2, -0.15) is 0 Å². The van der Waals surface area contributed by atoms with Crippen LogP contribution in [0, 0.1) is 5.82 Å². The molecule has 1 aromatic rings. The van der Waals surface area contributed by atoms with Crippen molar-refractivity contribution in [1.82, 2.24) is 0 Å². The molecule has 0 aliphatic rings. The maximum absolute atomic E-state index is 12.8. The van der Waals surface area contributed by atoms with Gasteiger partial charge in [-0.05, 0) is 25.1 Å². The summed E-state index contributed by atoms with van der Waals surface area (Å²) in [6, 6.07) is 2.39. The Hall–Kier alpha value is -0.800. The summed E-state index contributed by atoms with van der Waals surface area (Å²) >= 11 is 5.59. The molecule has 0 fully saturated rings. The second-order valence-corrected chi connectivity index (χ2v) is 2.78. The molecule has 0 aromatic heterocycles. The largest absolute Gasteiger partial charge is 0.508 e. The Bertz CT molecular complexity index is 291. The van der Waals surface area contributed by atoms with Gasteiger partial charge in [0.25, 0.3) is 0 Å². The monoisotopic (exact) mass is 189 g/mol. The Morgan fingerprint density at radius 3 is 2.75 bits per heavy atom. The zero-order chi connectivity index (χ0) is 9.14. The van der Waals surface area contributed by atoms with Crippen molar-refractivity contribution in [2.45, 2.75) is 6.42 Å². The van der Waals surface area contributed by atoms with Gasteiger partial charge in [-0.25, -0.2) is 4.39 Å². The minimum absolute atomic E-state index is 0.00755. The van der Waals surface area contributed by atoms with Crippen LogP contribution in [0.4, 0.5) is 4.39 Å². The number of rotatable bonds is 2. The van der Waals surface area contributed by atoms with Gasteiger partial charge in [-0.3, -0.25) is 0 Å².